The van der Waals surface area contributed by atoms with Crippen molar-refractivity contribution in [3.8, 4) is 5.69 Å². The smallest absolute Gasteiger partial charge is 0.266 e. The minimum atomic E-state index is -3.89. The fourth-order valence-electron chi connectivity index (χ4n) is 3.17. The number of anilines is 1. The van der Waals surface area contributed by atoms with Crippen LogP contribution in [0.15, 0.2) is 75.5 Å². The molecule has 0 saturated carbocycles. The highest BCUT2D eigenvalue weighted by Crippen LogP contribution is 2.26. The molecule has 3 N–H and O–H groups in total. The van der Waals surface area contributed by atoms with Crippen LogP contribution in [0.4, 0.5) is 5.69 Å². The summed E-state index contributed by atoms with van der Waals surface area (Å²) in [5, 5.41) is 8.77. The maximum absolute atomic E-state index is 13.6. The van der Waals surface area contributed by atoms with Crippen LogP contribution in [0, 0.1) is 10.7 Å². The minimum absolute atomic E-state index is 0.0140. The zero-order valence-electron chi connectivity index (χ0n) is 17.5. The molecule has 0 aliphatic heterocycles. The van der Waals surface area contributed by atoms with Crippen molar-refractivity contribution in [3.63, 3.8) is 0 Å². The predicted molar refractivity (Wildman–Crippen MR) is 163 cm³/mol. The summed E-state index contributed by atoms with van der Waals surface area (Å²) >= 11 is 7.57. The lowest BCUT2D eigenvalue weighted by Gasteiger charge is -2.14. The summed E-state index contributed by atoms with van der Waals surface area (Å²) in [6, 6.07) is 16.7. The molecule has 0 spiro atoms. The van der Waals surface area contributed by atoms with Crippen molar-refractivity contribution in [2.45, 2.75) is 10.1 Å². The van der Waals surface area contributed by atoms with Gasteiger partial charge in [0.05, 0.1) is 27.2 Å². The molecule has 13 heteroatoms. The third-order valence-electron chi connectivity index (χ3n) is 4.74. The summed E-state index contributed by atoms with van der Waals surface area (Å²) in [5.74, 6) is -0.237. The lowest BCUT2D eigenvalue weighted by Crippen LogP contribution is -2.23. The topological polar surface area (TPSA) is 124 Å². The highest BCUT2D eigenvalue weighted by molar-refractivity contribution is 14.1. The van der Waals surface area contributed by atoms with Crippen molar-refractivity contribution in [1.82, 2.24) is 9.55 Å². The summed E-state index contributed by atoms with van der Waals surface area (Å²) in [6.07, 6.45) is 0. The highest BCUT2D eigenvalue weighted by Gasteiger charge is 2.18. The van der Waals surface area contributed by atoms with Crippen molar-refractivity contribution >= 4 is 112 Å². The van der Waals surface area contributed by atoms with Crippen molar-refractivity contribution < 1.29 is 13.2 Å². The van der Waals surface area contributed by atoms with E-state index in [0.717, 1.165) is 22.5 Å². The molecule has 35 heavy (non-hydrogen) atoms. The number of carbonyl (C=O) groups excluding carboxylic acids is 1. The number of primary sulfonamides is 1. The summed E-state index contributed by atoms with van der Waals surface area (Å²) < 4.78 is 27.4. The van der Waals surface area contributed by atoms with Crippen LogP contribution in [-0.2, 0) is 14.8 Å². The zero-order valence-corrected chi connectivity index (χ0v) is 25.6. The van der Waals surface area contributed by atoms with Crippen LogP contribution >= 0.6 is 79.5 Å². The molecule has 0 unspecified atom stereocenters. The van der Waals surface area contributed by atoms with Gasteiger partial charge in [-0.25, -0.2) is 18.5 Å². The summed E-state index contributed by atoms with van der Waals surface area (Å²) in [7, 11) is -3.89. The molecule has 0 aliphatic carbocycles. The van der Waals surface area contributed by atoms with Gasteiger partial charge in [-0.2, -0.15) is 0 Å². The molecule has 1 amide bonds. The third-order valence-corrected chi connectivity index (χ3v) is 8.78. The number of hydrogen-bond donors (Lipinski definition) is 2. The van der Waals surface area contributed by atoms with Crippen LogP contribution in [0.3, 0.4) is 0 Å². The van der Waals surface area contributed by atoms with Gasteiger partial charge in [-0.05, 0) is 128 Å². The van der Waals surface area contributed by atoms with E-state index in [4.69, 9.17) is 10.1 Å². The number of rotatable bonds is 6. The molecule has 0 bridgehead atoms. The first-order valence-corrected chi connectivity index (χ1v) is 15.5. The van der Waals surface area contributed by atoms with E-state index in [1.54, 1.807) is 6.07 Å². The van der Waals surface area contributed by atoms with E-state index in [-0.39, 0.29) is 22.1 Å². The molecule has 1 heterocycles. The van der Waals surface area contributed by atoms with Gasteiger partial charge in [0.15, 0.2) is 5.16 Å². The Labute approximate surface area is 245 Å². The van der Waals surface area contributed by atoms with Gasteiger partial charge < -0.3 is 5.32 Å². The molecular weight excluding hydrogens is 829 g/mol. The normalized spacial score (nSPS) is 11.5. The van der Waals surface area contributed by atoms with Crippen LogP contribution in [0.1, 0.15) is 0 Å². The quantitative estimate of drug-likeness (QED) is 0.167. The Bertz CT molecular complexity index is 1610. The van der Waals surface area contributed by atoms with Crippen LogP contribution < -0.4 is 16.0 Å². The van der Waals surface area contributed by atoms with Gasteiger partial charge in [-0.3, -0.25) is 14.2 Å². The second-order valence-corrected chi connectivity index (χ2v) is 13.4. The second-order valence-electron chi connectivity index (χ2n) is 7.20. The molecule has 8 nitrogen and oxygen atoms in total. The van der Waals surface area contributed by atoms with Gasteiger partial charge >= 0.3 is 0 Å². The Morgan fingerprint density at radius 3 is 2.29 bits per heavy atom. The van der Waals surface area contributed by atoms with E-state index >= 15 is 0 Å². The SMILES string of the molecule is NS(=O)(=O)c1ccc(-n2c(SCC(=O)Nc3ccc(I)cc3)nc3c(I)cc(I)cc3c2=O)cc1. The standard InChI is InChI=1S/C22H15I3N4O4S2/c23-12-1-3-14(4-2-12)27-19(30)11-34-22-28-20-17(9-13(24)10-18(20)25)21(31)29(22)15-5-7-16(8-6-15)35(26,32)33/h1-10H,11H2,(H,27,30)(H2,26,32,33). The number of carbonyl (C=O) groups is 1. The average molecular weight is 844 g/mol. The molecule has 1 aromatic heterocycles. The number of nitrogens with one attached hydrogen (secondary N) is 1. The second kappa shape index (κ2) is 11.0. The minimum Gasteiger partial charge on any atom is -0.325 e. The monoisotopic (exact) mass is 844 g/mol. The van der Waals surface area contributed by atoms with Gasteiger partial charge in [0, 0.05) is 16.4 Å². The molecule has 4 aromatic rings. The number of fused-ring (bicyclic) bond motifs is 1. The van der Waals surface area contributed by atoms with E-state index in [1.807, 2.05) is 30.3 Å². The molecule has 0 saturated heterocycles. The molecule has 0 atom stereocenters. The fourth-order valence-corrected chi connectivity index (χ4v) is 6.81. The third kappa shape index (κ3) is 6.35. The van der Waals surface area contributed by atoms with Crippen LogP contribution in [0.2, 0.25) is 0 Å². The number of halogens is 3. The first-order chi connectivity index (χ1) is 16.5. The van der Waals surface area contributed by atoms with Gasteiger partial charge in [-0.1, -0.05) is 11.8 Å². The fraction of sp³-hybridized carbons (Fsp3) is 0.0455. The molecule has 0 radical (unpaired) electrons. The van der Waals surface area contributed by atoms with Gasteiger partial charge in [0.1, 0.15) is 0 Å². The Morgan fingerprint density at radius 2 is 1.66 bits per heavy atom. The van der Waals surface area contributed by atoms with E-state index in [1.165, 1.54) is 28.8 Å². The highest BCUT2D eigenvalue weighted by atomic mass is 127. The summed E-state index contributed by atoms with van der Waals surface area (Å²) in [4.78, 5) is 30.8. The lowest BCUT2D eigenvalue weighted by atomic mass is 10.2. The summed E-state index contributed by atoms with van der Waals surface area (Å²) in [5.41, 5.74) is 1.29. The van der Waals surface area contributed by atoms with E-state index in [0.29, 0.717) is 27.4 Å². The molecule has 3 aromatic carbocycles. The summed E-state index contributed by atoms with van der Waals surface area (Å²) in [6.45, 7) is 0. The van der Waals surface area contributed by atoms with Crippen molar-refractivity contribution in [2.24, 2.45) is 5.14 Å². The molecule has 0 fully saturated rings. The number of amides is 1. The maximum Gasteiger partial charge on any atom is 0.266 e. The largest absolute Gasteiger partial charge is 0.325 e. The Hall–Kier alpha value is -1.28. The number of hydrogen-bond acceptors (Lipinski definition) is 6. The molecular formula is C22H15I3N4O4S2. The molecule has 0 aliphatic rings. The van der Waals surface area contributed by atoms with Crippen molar-refractivity contribution in [3.05, 3.63) is 81.7 Å². The molecule has 4 rings (SSSR count). The zero-order chi connectivity index (χ0) is 25.3. The number of nitrogens with two attached hydrogens (primary N) is 1. The number of thioether (sulfide) groups is 1. The van der Waals surface area contributed by atoms with Crippen LogP contribution in [0.5, 0.6) is 0 Å². The Kier molecular flexibility index (Phi) is 8.41. The lowest BCUT2D eigenvalue weighted by molar-refractivity contribution is -0.113. The number of benzene rings is 3. The number of sulfonamides is 1. The first kappa shape index (κ1) is 26.8. The first-order valence-electron chi connectivity index (χ1n) is 9.76. The van der Waals surface area contributed by atoms with Gasteiger partial charge in [0.25, 0.3) is 5.56 Å². The Balaban J connectivity index is 1.75. The van der Waals surface area contributed by atoms with Gasteiger partial charge in [-0.15, -0.1) is 0 Å². The predicted octanol–water partition coefficient (Wildman–Crippen LogP) is 4.58. The van der Waals surface area contributed by atoms with Crippen molar-refractivity contribution in [2.75, 3.05) is 11.1 Å². The molecule has 180 valence electrons. The van der Waals surface area contributed by atoms with Gasteiger partial charge in [0.2, 0.25) is 15.9 Å². The van der Waals surface area contributed by atoms with E-state index in [9.17, 15) is 18.0 Å². The Morgan fingerprint density at radius 1 is 1.00 bits per heavy atom. The van der Waals surface area contributed by atoms with Crippen LogP contribution in [0.25, 0.3) is 16.6 Å². The average Bonchev–Trinajstić information content (AvgIpc) is 2.79. The van der Waals surface area contributed by atoms with Crippen molar-refractivity contribution in [1.29, 1.82) is 0 Å². The number of nitrogens with zero attached hydrogens (tertiary/aromatic N) is 2. The van der Waals surface area contributed by atoms with E-state index < -0.39 is 10.0 Å². The maximum atomic E-state index is 13.6. The van der Waals surface area contributed by atoms with Crippen LogP contribution in [-0.4, -0.2) is 29.6 Å². The van der Waals surface area contributed by atoms with E-state index in [2.05, 4.69) is 73.1 Å². The number of aromatic nitrogens is 2.